The van der Waals surface area contributed by atoms with Gasteiger partial charge in [0, 0.05) is 10.8 Å². The van der Waals surface area contributed by atoms with Gasteiger partial charge in [0.15, 0.2) is 0 Å². The van der Waals surface area contributed by atoms with Crippen molar-refractivity contribution < 1.29 is 18.3 Å². The molecule has 7 heteroatoms. The first kappa shape index (κ1) is 11.5. The standard InChI is InChI=1S/C9H12F3N3O/c10-9(11,12)8(16,14-15-13)7-4-5-1-2-6(7)3-5/h5-7,16H,1-4H2. The van der Waals surface area contributed by atoms with Crippen molar-refractivity contribution in [2.45, 2.75) is 37.6 Å². The molecule has 4 nitrogen and oxygen atoms in total. The van der Waals surface area contributed by atoms with Gasteiger partial charge in [-0.3, -0.25) is 0 Å². The largest absolute Gasteiger partial charge is 0.423 e. The highest BCUT2D eigenvalue weighted by Crippen LogP contribution is 2.55. The van der Waals surface area contributed by atoms with Gasteiger partial charge in [0.2, 0.25) is 5.72 Å². The molecule has 90 valence electrons. The lowest BCUT2D eigenvalue weighted by molar-refractivity contribution is -0.282. The molecule has 0 saturated heterocycles. The third kappa shape index (κ3) is 1.55. The number of fused-ring (bicyclic) bond motifs is 2. The van der Waals surface area contributed by atoms with Crippen LogP contribution in [0.25, 0.3) is 10.4 Å². The molecule has 0 aromatic rings. The highest BCUT2D eigenvalue weighted by molar-refractivity contribution is 5.02. The summed E-state index contributed by atoms with van der Waals surface area (Å²) in [4.78, 5) is 2.16. The minimum absolute atomic E-state index is 0.165. The maximum Gasteiger partial charge on any atom is 0.423 e. The van der Waals surface area contributed by atoms with Crippen LogP contribution in [0.5, 0.6) is 0 Å². The lowest BCUT2D eigenvalue weighted by Gasteiger charge is -2.36. The molecule has 0 radical (unpaired) electrons. The molecule has 2 saturated carbocycles. The van der Waals surface area contributed by atoms with Crippen LogP contribution in [0.4, 0.5) is 13.2 Å². The molecule has 16 heavy (non-hydrogen) atoms. The molecule has 0 aliphatic heterocycles. The molecule has 0 aromatic carbocycles. The SMILES string of the molecule is [N-]=[N+]=NC(O)(C1CC2CCC1C2)C(F)(F)F. The zero-order chi connectivity index (χ0) is 12.0. The fraction of sp³-hybridized carbons (Fsp3) is 1.00. The van der Waals surface area contributed by atoms with Crippen LogP contribution in [0.2, 0.25) is 0 Å². The summed E-state index contributed by atoms with van der Waals surface area (Å²) in [7, 11) is 0. The van der Waals surface area contributed by atoms with Gasteiger partial charge in [-0.05, 0) is 41.7 Å². The maximum atomic E-state index is 12.8. The average molecular weight is 235 g/mol. The number of azide groups is 1. The number of rotatable bonds is 2. The lowest BCUT2D eigenvalue weighted by Crippen LogP contribution is -2.51. The molecular formula is C9H12F3N3O. The second-order valence-electron chi connectivity index (χ2n) is 4.69. The van der Waals surface area contributed by atoms with Crippen LogP contribution < -0.4 is 0 Å². The van der Waals surface area contributed by atoms with E-state index in [0.29, 0.717) is 19.3 Å². The summed E-state index contributed by atoms with van der Waals surface area (Å²) >= 11 is 0. The summed E-state index contributed by atoms with van der Waals surface area (Å²) in [6.07, 6.45) is -2.27. The van der Waals surface area contributed by atoms with Crippen LogP contribution in [0, 0.1) is 17.8 Å². The molecule has 4 atom stereocenters. The van der Waals surface area contributed by atoms with Crippen LogP contribution in [0.3, 0.4) is 0 Å². The Morgan fingerprint density at radius 3 is 2.31 bits per heavy atom. The Kier molecular flexibility index (Phi) is 2.55. The Bertz CT molecular complexity index is 339. The molecule has 2 rings (SSSR count). The van der Waals surface area contributed by atoms with Crippen LogP contribution in [0.1, 0.15) is 25.7 Å². The van der Waals surface area contributed by atoms with E-state index >= 15 is 0 Å². The monoisotopic (exact) mass is 235 g/mol. The van der Waals surface area contributed by atoms with Crippen molar-refractivity contribution in [2.75, 3.05) is 0 Å². The predicted octanol–water partition coefficient (Wildman–Crippen LogP) is 2.98. The highest BCUT2D eigenvalue weighted by Gasteiger charge is 2.63. The number of hydrogen-bond acceptors (Lipinski definition) is 2. The Morgan fingerprint density at radius 2 is 1.94 bits per heavy atom. The Hall–Kier alpha value is -0.940. The number of aliphatic hydroxyl groups is 1. The average Bonchev–Trinajstić information content (AvgIpc) is 2.76. The van der Waals surface area contributed by atoms with Gasteiger partial charge in [-0.1, -0.05) is 6.42 Å². The molecule has 0 aromatic heterocycles. The zero-order valence-corrected chi connectivity index (χ0v) is 8.48. The summed E-state index contributed by atoms with van der Waals surface area (Å²) in [5.74, 6) is -0.887. The first-order valence-electron chi connectivity index (χ1n) is 5.24. The first-order valence-corrected chi connectivity index (χ1v) is 5.24. The first-order chi connectivity index (χ1) is 7.38. The minimum atomic E-state index is -4.89. The van der Waals surface area contributed by atoms with E-state index < -0.39 is 17.8 Å². The smallest absolute Gasteiger partial charge is 0.376 e. The topological polar surface area (TPSA) is 69.0 Å². The summed E-state index contributed by atoms with van der Waals surface area (Å²) in [5, 5.41) is 12.3. The van der Waals surface area contributed by atoms with Crippen molar-refractivity contribution in [1.29, 1.82) is 0 Å². The highest BCUT2D eigenvalue weighted by atomic mass is 19.4. The van der Waals surface area contributed by atoms with Crippen molar-refractivity contribution in [3.8, 4) is 0 Å². The molecule has 2 bridgehead atoms. The van der Waals surface area contributed by atoms with Gasteiger partial charge < -0.3 is 5.11 Å². The van der Waals surface area contributed by atoms with Crippen molar-refractivity contribution in [1.82, 2.24) is 0 Å². The number of halogens is 3. The predicted molar refractivity (Wildman–Crippen MR) is 49.1 cm³/mol. The third-order valence-corrected chi connectivity index (χ3v) is 3.87. The fourth-order valence-electron chi connectivity index (χ4n) is 3.15. The van der Waals surface area contributed by atoms with E-state index in [2.05, 4.69) is 10.0 Å². The fourth-order valence-corrected chi connectivity index (χ4v) is 3.15. The van der Waals surface area contributed by atoms with Gasteiger partial charge in [-0.25, -0.2) is 0 Å². The third-order valence-electron chi connectivity index (χ3n) is 3.87. The van der Waals surface area contributed by atoms with E-state index in [9.17, 15) is 18.3 Å². The Balaban J connectivity index is 2.30. The van der Waals surface area contributed by atoms with Gasteiger partial charge in [-0.15, -0.1) is 0 Å². The Labute approximate surface area is 90.1 Å². The normalized spacial score (nSPS) is 36.9. The van der Waals surface area contributed by atoms with E-state index in [1.165, 1.54) is 0 Å². The van der Waals surface area contributed by atoms with E-state index in [1.807, 2.05) is 0 Å². The van der Waals surface area contributed by atoms with Crippen molar-refractivity contribution in [2.24, 2.45) is 22.9 Å². The van der Waals surface area contributed by atoms with Gasteiger partial charge >= 0.3 is 6.18 Å². The van der Waals surface area contributed by atoms with E-state index in [0.717, 1.165) is 6.42 Å². The second-order valence-corrected chi connectivity index (χ2v) is 4.69. The summed E-state index contributed by atoms with van der Waals surface area (Å²) in [5.41, 5.74) is 4.97. The van der Waals surface area contributed by atoms with Crippen molar-refractivity contribution >= 4 is 0 Å². The molecule has 4 unspecified atom stereocenters. The second kappa shape index (κ2) is 3.53. The van der Waals surface area contributed by atoms with E-state index in [4.69, 9.17) is 5.53 Å². The van der Waals surface area contributed by atoms with E-state index in [-0.39, 0.29) is 11.8 Å². The lowest BCUT2D eigenvalue weighted by atomic mass is 9.81. The van der Waals surface area contributed by atoms with Crippen LogP contribution >= 0.6 is 0 Å². The molecule has 0 amide bonds. The molecule has 2 aliphatic rings. The molecule has 0 spiro atoms. The molecule has 2 fully saturated rings. The molecular weight excluding hydrogens is 223 g/mol. The minimum Gasteiger partial charge on any atom is -0.376 e. The summed E-state index contributed by atoms with van der Waals surface area (Å²) < 4.78 is 38.3. The molecule has 0 heterocycles. The number of nitrogens with zero attached hydrogens (tertiary/aromatic N) is 3. The van der Waals surface area contributed by atoms with Crippen LogP contribution in [-0.2, 0) is 0 Å². The summed E-state index contributed by atoms with van der Waals surface area (Å²) in [6.45, 7) is 0. The maximum absolute atomic E-state index is 12.8. The van der Waals surface area contributed by atoms with Gasteiger partial charge in [0.1, 0.15) is 0 Å². The van der Waals surface area contributed by atoms with Crippen molar-refractivity contribution in [3.05, 3.63) is 10.4 Å². The van der Waals surface area contributed by atoms with E-state index in [1.54, 1.807) is 0 Å². The number of alkyl halides is 3. The quantitative estimate of drug-likeness (QED) is 0.446. The van der Waals surface area contributed by atoms with Gasteiger partial charge in [0.05, 0.1) is 0 Å². The number of hydrogen-bond donors (Lipinski definition) is 1. The van der Waals surface area contributed by atoms with Crippen LogP contribution in [0.15, 0.2) is 5.11 Å². The summed E-state index contributed by atoms with van der Waals surface area (Å²) in [6, 6.07) is 0. The molecule has 2 aliphatic carbocycles. The van der Waals surface area contributed by atoms with Gasteiger partial charge in [0.25, 0.3) is 0 Å². The molecule has 1 N–H and O–H groups in total. The Morgan fingerprint density at radius 1 is 1.25 bits per heavy atom. The zero-order valence-electron chi connectivity index (χ0n) is 8.48. The van der Waals surface area contributed by atoms with Crippen molar-refractivity contribution in [3.63, 3.8) is 0 Å². The van der Waals surface area contributed by atoms with Gasteiger partial charge in [-0.2, -0.15) is 13.2 Å². The van der Waals surface area contributed by atoms with Crippen LogP contribution in [-0.4, -0.2) is 17.0 Å².